The summed E-state index contributed by atoms with van der Waals surface area (Å²) in [5.74, 6) is -0.576. The third kappa shape index (κ3) is 3.57. The summed E-state index contributed by atoms with van der Waals surface area (Å²) in [6, 6.07) is 18.3. The number of rotatable bonds is 4. The predicted molar refractivity (Wildman–Crippen MR) is 93.9 cm³/mol. The van der Waals surface area contributed by atoms with Gasteiger partial charge in [0, 0.05) is 16.6 Å². The lowest BCUT2D eigenvalue weighted by Crippen LogP contribution is -2.32. The molecule has 5 nitrogen and oxygen atoms in total. The fourth-order valence-electron chi connectivity index (χ4n) is 2.39. The molecule has 0 saturated heterocycles. The van der Waals surface area contributed by atoms with Crippen molar-refractivity contribution in [2.45, 2.75) is 6.92 Å². The van der Waals surface area contributed by atoms with Crippen molar-refractivity contribution in [1.82, 2.24) is 10.3 Å². The van der Waals surface area contributed by atoms with Gasteiger partial charge in [-0.2, -0.15) is 0 Å². The third-order valence-electron chi connectivity index (χ3n) is 3.58. The molecule has 0 aliphatic rings. The molecule has 3 aromatic rings. The number of pyridine rings is 1. The van der Waals surface area contributed by atoms with E-state index in [1.807, 2.05) is 37.3 Å². The van der Waals surface area contributed by atoms with Crippen molar-refractivity contribution in [3.05, 3.63) is 71.9 Å². The molecule has 0 aliphatic carbocycles. The first kappa shape index (κ1) is 15.7. The fraction of sp³-hybridized carbons (Fsp3) is 0.105. The van der Waals surface area contributed by atoms with Crippen LogP contribution in [-0.4, -0.2) is 23.3 Å². The molecule has 120 valence electrons. The number of hydrogen-bond acceptors (Lipinski definition) is 3. The van der Waals surface area contributed by atoms with Crippen LogP contribution in [0.15, 0.2) is 60.7 Å². The summed E-state index contributed by atoms with van der Waals surface area (Å²) >= 11 is 0. The summed E-state index contributed by atoms with van der Waals surface area (Å²) in [7, 11) is 0. The molecule has 0 unspecified atom stereocenters. The number of benzene rings is 2. The number of nitrogens with zero attached hydrogens (tertiary/aromatic N) is 1. The number of fused-ring (bicyclic) bond motifs is 1. The molecule has 1 aromatic heterocycles. The predicted octanol–water partition coefficient (Wildman–Crippen LogP) is 2.91. The molecule has 0 aliphatic heterocycles. The summed E-state index contributed by atoms with van der Waals surface area (Å²) in [5.41, 5.74) is 2.77. The fourth-order valence-corrected chi connectivity index (χ4v) is 2.39. The van der Waals surface area contributed by atoms with Crippen molar-refractivity contribution in [3.63, 3.8) is 0 Å². The summed E-state index contributed by atoms with van der Waals surface area (Å²) in [6.07, 6.45) is 0. The van der Waals surface area contributed by atoms with Crippen LogP contribution in [-0.2, 0) is 4.79 Å². The lowest BCUT2D eigenvalue weighted by atomic mass is 10.1. The molecule has 0 atom stereocenters. The largest absolute Gasteiger partial charge is 0.343 e. The second-order valence-corrected chi connectivity index (χ2v) is 5.43. The Balaban J connectivity index is 1.67. The van der Waals surface area contributed by atoms with Gasteiger partial charge in [0.1, 0.15) is 0 Å². The van der Waals surface area contributed by atoms with E-state index in [0.717, 1.165) is 16.6 Å². The van der Waals surface area contributed by atoms with Gasteiger partial charge in [0.15, 0.2) is 0 Å². The minimum absolute atomic E-state index is 0.101. The highest BCUT2D eigenvalue weighted by molar-refractivity contribution is 6.03. The Morgan fingerprint density at radius 2 is 1.75 bits per heavy atom. The van der Waals surface area contributed by atoms with E-state index in [1.54, 1.807) is 30.3 Å². The van der Waals surface area contributed by atoms with E-state index >= 15 is 0 Å². The molecule has 24 heavy (non-hydrogen) atoms. The van der Waals surface area contributed by atoms with E-state index in [1.165, 1.54) is 0 Å². The van der Waals surface area contributed by atoms with Crippen molar-refractivity contribution >= 4 is 28.4 Å². The third-order valence-corrected chi connectivity index (χ3v) is 3.58. The van der Waals surface area contributed by atoms with Crippen LogP contribution in [0, 0.1) is 6.92 Å². The van der Waals surface area contributed by atoms with E-state index in [9.17, 15) is 9.59 Å². The minimum atomic E-state index is -0.296. The zero-order valence-corrected chi connectivity index (χ0v) is 13.2. The first-order chi connectivity index (χ1) is 11.6. The molecular weight excluding hydrogens is 302 g/mol. The zero-order chi connectivity index (χ0) is 16.9. The molecule has 2 N–H and O–H groups in total. The molecule has 1 heterocycles. The molecule has 0 fully saturated rings. The molecule has 0 saturated carbocycles. The van der Waals surface area contributed by atoms with Crippen molar-refractivity contribution in [2.24, 2.45) is 0 Å². The highest BCUT2D eigenvalue weighted by atomic mass is 16.2. The van der Waals surface area contributed by atoms with Crippen LogP contribution in [0.2, 0.25) is 0 Å². The first-order valence-electron chi connectivity index (χ1n) is 7.63. The van der Waals surface area contributed by atoms with Crippen LogP contribution >= 0.6 is 0 Å². The van der Waals surface area contributed by atoms with E-state index in [0.29, 0.717) is 11.3 Å². The van der Waals surface area contributed by atoms with Crippen molar-refractivity contribution in [2.75, 3.05) is 11.9 Å². The summed E-state index contributed by atoms with van der Waals surface area (Å²) in [4.78, 5) is 28.5. The van der Waals surface area contributed by atoms with Gasteiger partial charge in [0.2, 0.25) is 5.91 Å². The van der Waals surface area contributed by atoms with E-state index < -0.39 is 0 Å². The van der Waals surface area contributed by atoms with Gasteiger partial charge in [-0.1, -0.05) is 36.4 Å². The summed E-state index contributed by atoms with van der Waals surface area (Å²) in [5, 5.41) is 6.36. The number of amides is 2. The van der Waals surface area contributed by atoms with Crippen LogP contribution in [0.4, 0.5) is 5.69 Å². The van der Waals surface area contributed by atoms with Gasteiger partial charge in [0.25, 0.3) is 5.91 Å². The van der Waals surface area contributed by atoms with Crippen molar-refractivity contribution in [1.29, 1.82) is 0 Å². The molecule has 0 spiro atoms. The van der Waals surface area contributed by atoms with Gasteiger partial charge >= 0.3 is 0 Å². The van der Waals surface area contributed by atoms with Gasteiger partial charge in [-0.05, 0) is 31.2 Å². The maximum absolute atomic E-state index is 12.1. The summed E-state index contributed by atoms with van der Waals surface area (Å²) in [6.45, 7) is 1.80. The number of hydrogen-bond donors (Lipinski definition) is 2. The number of aromatic nitrogens is 1. The topological polar surface area (TPSA) is 71.1 Å². The monoisotopic (exact) mass is 319 g/mol. The first-order valence-corrected chi connectivity index (χ1v) is 7.63. The Kier molecular flexibility index (Phi) is 4.52. The van der Waals surface area contributed by atoms with Gasteiger partial charge in [-0.15, -0.1) is 0 Å². The number of aryl methyl sites for hydroxylation is 1. The van der Waals surface area contributed by atoms with Crippen molar-refractivity contribution in [3.8, 4) is 0 Å². The number of carbonyl (C=O) groups is 2. The quantitative estimate of drug-likeness (QED) is 0.777. The average molecular weight is 319 g/mol. The van der Waals surface area contributed by atoms with Gasteiger partial charge in [-0.3, -0.25) is 14.6 Å². The Morgan fingerprint density at radius 1 is 0.958 bits per heavy atom. The number of carbonyl (C=O) groups excluding carboxylic acids is 2. The average Bonchev–Trinajstić information content (AvgIpc) is 2.61. The molecule has 0 bridgehead atoms. The highest BCUT2D eigenvalue weighted by Gasteiger charge is 2.10. The lowest BCUT2D eigenvalue weighted by molar-refractivity contribution is -0.115. The molecule has 3 rings (SSSR count). The van der Waals surface area contributed by atoms with Gasteiger partial charge < -0.3 is 10.6 Å². The minimum Gasteiger partial charge on any atom is -0.343 e. The van der Waals surface area contributed by atoms with Gasteiger partial charge in [-0.25, -0.2) is 0 Å². The molecule has 2 amide bonds. The van der Waals surface area contributed by atoms with Crippen LogP contribution in [0.3, 0.4) is 0 Å². The Labute approximate surface area is 139 Å². The second kappa shape index (κ2) is 6.91. The van der Waals surface area contributed by atoms with Crippen LogP contribution in [0.5, 0.6) is 0 Å². The highest BCUT2D eigenvalue weighted by Crippen LogP contribution is 2.21. The maximum Gasteiger partial charge on any atom is 0.251 e. The second-order valence-electron chi connectivity index (χ2n) is 5.43. The molecular formula is C19H17N3O2. The number of anilines is 1. The van der Waals surface area contributed by atoms with E-state index in [-0.39, 0.29) is 18.4 Å². The van der Waals surface area contributed by atoms with E-state index in [4.69, 9.17) is 0 Å². The van der Waals surface area contributed by atoms with Crippen LogP contribution in [0.1, 0.15) is 16.1 Å². The van der Waals surface area contributed by atoms with Crippen LogP contribution in [0.25, 0.3) is 10.9 Å². The summed E-state index contributed by atoms with van der Waals surface area (Å²) < 4.78 is 0. The van der Waals surface area contributed by atoms with Crippen molar-refractivity contribution < 1.29 is 9.59 Å². The Morgan fingerprint density at radius 3 is 2.54 bits per heavy atom. The van der Waals surface area contributed by atoms with E-state index in [2.05, 4.69) is 15.6 Å². The molecule has 0 radical (unpaired) electrons. The smallest absolute Gasteiger partial charge is 0.251 e. The lowest BCUT2D eigenvalue weighted by Gasteiger charge is -2.09. The number of nitrogens with one attached hydrogen (secondary N) is 2. The Hall–Kier alpha value is -3.21. The standard InChI is InChI=1S/C19H17N3O2/c1-13-10-11-14-8-5-9-16(18(14)21-13)22-17(23)12-20-19(24)15-6-3-2-4-7-15/h2-11H,12H2,1H3,(H,20,24)(H,22,23). The molecule has 5 heteroatoms. The maximum atomic E-state index is 12.1. The molecule has 2 aromatic carbocycles. The number of para-hydroxylation sites is 1. The SMILES string of the molecule is Cc1ccc2cccc(NC(=O)CNC(=O)c3ccccc3)c2n1. The zero-order valence-electron chi connectivity index (χ0n) is 13.2. The Bertz CT molecular complexity index is 892. The van der Waals surface area contributed by atoms with Crippen LogP contribution < -0.4 is 10.6 Å². The normalized spacial score (nSPS) is 10.4. The van der Waals surface area contributed by atoms with Gasteiger partial charge in [0.05, 0.1) is 17.7 Å².